The summed E-state index contributed by atoms with van der Waals surface area (Å²) in [5.74, 6) is 0.527. The molecule has 5 N–H and O–H groups in total. The third kappa shape index (κ3) is 7.64. The van der Waals surface area contributed by atoms with Crippen molar-refractivity contribution in [2.45, 2.75) is 20.8 Å². The molecule has 0 aliphatic carbocycles. The second kappa shape index (κ2) is 13.0. The van der Waals surface area contributed by atoms with Gasteiger partial charge in [-0.15, -0.1) is 0 Å². The van der Waals surface area contributed by atoms with Crippen LogP contribution in [0.3, 0.4) is 0 Å². The summed E-state index contributed by atoms with van der Waals surface area (Å²) in [7, 11) is 0. The predicted octanol–water partition coefficient (Wildman–Crippen LogP) is 3.03. The lowest BCUT2D eigenvalue weighted by atomic mass is 10.1. The molecule has 1 aromatic heterocycles. The van der Waals surface area contributed by atoms with Crippen molar-refractivity contribution in [3.63, 3.8) is 0 Å². The van der Waals surface area contributed by atoms with Crippen LogP contribution in [0.2, 0.25) is 0 Å². The van der Waals surface area contributed by atoms with Gasteiger partial charge < -0.3 is 26.8 Å². The highest BCUT2D eigenvalue weighted by atomic mass is 16.2. The van der Waals surface area contributed by atoms with Crippen molar-refractivity contribution < 1.29 is 6.22 Å². The number of para-hydroxylation sites is 1. The summed E-state index contributed by atoms with van der Waals surface area (Å²) >= 11 is 0. The maximum Gasteiger partial charge on any atom is 0.255 e. The van der Waals surface area contributed by atoms with E-state index in [2.05, 4.69) is 28.7 Å². The summed E-state index contributed by atoms with van der Waals surface area (Å²) in [6, 6.07) is 9.05. The monoisotopic (exact) mass is 373 g/mol. The molecular weight excluding hydrogens is 342 g/mol. The largest absolute Gasteiger partial charge is 0.398 e. The molecule has 1 amide bonds. The Labute approximate surface area is 162 Å². The first-order valence-electron chi connectivity index (χ1n) is 8.42. The number of hydrogen-bond acceptors (Lipinski definition) is 7. The molecule has 1 heterocycles. The second-order valence-corrected chi connectivity index (χ2v) is 5.37. The maximum atomic E-state index is 12.5. The third-order valence-corrected chi connectivity index (χ3v) is 3.51. The lowest BCUT2D eigenvalue weighted by Gasteiger charge is -2.22. The number of nitrogens with two attached hydrogens (primary N) is 1. The van der Waals surface area contributed by atoms with Gasteiger partial charge in [0.2, 0.25) is 5.95 Å². The highest BCUT2D eigenvalue weighted by Crippen LogP contribution is 2.13. The van der Waals surface area contributed by atoms with Gasteiger partial charge in [-0.25, -0.2) is 9.97 Å². The Morgan fingerprint density at radius 1 is 1.19 bits per heavy atom. The SMILES string of the molecule is C=N.C=N.CCN(CCNc1nc(C)cc(C)n1)C(=O)c1ccccc1N.[HH]. The lowest BCUT2D eigenvalue weighted by Crippen LogP contribution is -2.35. The average molecular weight is 374 g/mol. The van der Waals surface area contributed by atoms with Crippen molar-refractivity contribution >= 4 is 31.0 Å². The van der Waals surface area contributed by atoms with E-state index >= 15 is 0 Å². The van der Waals surface area contributed by atoms with E-state index < -0.39 is 0 Å². The van der Waals surface area contributed by atoms with Crippen molar-refractivity contribution in [3.8, 4) is 0 Å². The Bertz CT molecular complexity index is 705. The minimum atomic E-state index is -0.0614. The molecule has 0 atom stereocenters. The molecule has 0 aliphatic heterocycles. The van der Waals surface area contributed by atoms with E-state index in [9.17, 15) is 4.79 Å². The van der Waals surface area contributed by atoms with Gasteiger partial charge in [0.15, 0.2) is 0 Å². The molecular formula is C19H31N7O. The number of nitrogens with one attached hydrogen (secondary N) is 3. The minimum absolute atomic E-state index is 0. The number of likely N-dealkylation sites (N-methyl/N-ethyl adjacent to an activating group) is 1. The van der Waals surface area contributed by atoms with E-state index in [4.69, 9.17) is 16.6 Å². The number of nitrogen functional groups attached to an aromatic ring is 1. The van der Waals surface area contributed by atoms with E-state index in [0.717, 1.165) is 11.4 Å². The van der Waals surface area contributed by atoms with Crippen LogP contribution in [0, 0.1) is 24.7 Å². The van der Waals surface area contributed by atoms with Crippen LogP contribution in [0.4, 0.5) is 11.6 Å². The lowest BCUT2D eigenvalue weighted by molar-refractivity contribution is 0.0771. The molecule has 0 saturated heterocycles. The number of hydrogen-bond donors (Lipinski definition) is 4. The molecule has 27 heavy (non-hydrogen) atoms. The first-order chi connectivity index (χ1) is 13.0. The molecule has 0 fully saturated rings. The van der Waals surface area contributed by atoms with Crippen LogP contribution >= 0.6 is 0 Å². The summed E-state index contributed by atoms with van der Waals surface area (Å²) in [5, 5.41) is 14.2. The van der Waals surface area contributed by atoms with E-state index in [1.165, 1.54) is 0 Å². The Balaban J connectivity index is 0. The quantitative estimate of drug-likeness (QED) is 0.456. The normalized spacial score (nSPS) is 9.15. The molecule has 8 heteroatoms. The fraction of sp³-hybridized carbons (Fsp3) is 0.316. The van der Waals surface area contributed by atoms with Crippen LogP contribution in [0.15, 0.2) is 30.3 Å². The molecule has 2 rings (SSSR count). The first-order valence-corrected chi connectivity index (χ1v) is 8.42. The summed E-state index contributed by atoms with van der Waals surface area (Å²) in [5.41, 5.74) is 8.76. The zero-order valence-electron chi connectivity index (χ0n) is 16.2. The number of carbonyl (C=O) groups excluding carboxylic acids is 1. The van der Waals surface area contributed by atoms with E-state index in [-0.39, 0.29) is 7.33 Å². The van der Waals surface area contributed by atoms with E-state index in [0.29, 0.717) is 36.8 Å². The van der Waals surface area contributed by atoms with Gasteiger partial charge >= 0.3 is 0 Å². The smallest absolute Gasteiger partial charge is 0.255 e. The van der Waals surface area contributed by atoms with Gasteiger partial charge in [0.25, 0.3) is 5.91 Å². The first kappa shape index (κ1) is 23.7. The van der Waals surface area contributed by atoms with Gasteiger partial charge in [0, 0.05) is 38.1 Å². The van der Waals surface area contributed by atoms with Crippen molar-refractivity contribution in [2.24, 2.45) is 0 Å². The molecule has 8 nitrogen and oxygen atoms in total. The number of rotatable bonds is 6. The van der Waals surface area contributed by atoms with Crippen LogP contribution in [-0.2, 0) is 0 Å². The molecule has 0 spiro atoms. The molecule has 2 aromatic rings. The van der Waals surface area contributed by atoms with Gasteiger partial charge in [-0.1, -0.05) is 12.1 Å². The molecule has 1 aromatic carbocycles. The highest BCUT2D eigenvalue weighted by molar-refractivity contribution is 5.99. The molecule has 0 unspecified atom stereocenters. The summed E-state index contributed by atoms with van der Waals surface area (Å²) in [6.45, 7) is 12.6. The Morgan fingerprint density at radius 3 is 2.26 bits per heavy atom. The number of amides is 1. The Kier molecular flexibility index (Phi) is 11.4. The summed E-state index contributed by atoms with van der Waals surface area (Å²) in [4.78, 5) is 22.9. The van der Waals surface area contributed by atoms with Crippen LogP contribution in [0.25, 0.3) is 0 Å². The van der Waals surface area contributed by atoms with Gasteiger partial charge in [0.1, 0.15) is 0 Å². The fourth-order valence-corrected chi connectivity index (χ4v) is 2.37. The van der Waals surface area contributed by atoms with Gasteiger partial charge in [0.05, 0.1) is 5.56 Å². The standard InChI is InChI=1S/C17H23N5O.2CH3N.H2/c1-4-22(16(23)14-7-5-6-8-15(14)18)10-9-19-17-20-12(2)11-13(3)21-17;2*1-2;/h5-8,11H,4,9-10,18H2,1-3H3,(H,19,20,21);2*2H,1H2;1H. The minimum Gasteiger partial charge on any atom is -0.398 e. The van der Waals surface area contributed by atoms with Gasteiger partial charge in [-0.3, -0.25) is 4.79 Å². The summed E-state index contributed by atoms with van der Waals surface area (Å²) in [6.07, 6.45) is 0. The van der Waals surface area contributed by atoms with Gasteiger partial charge in [-0.05, 0) is 52.4 Å². The van der Waals surface area contributed by atoms with E-state index in [1.54, 1.807) is 17.0 Å². The number of anilines is 2. The topological polar surface area (TPSA) is 132 Å². The molecule has 0 aliphatic rings. The predicted molar refractivity (Wildman–Crippen MR) is 114 cm³/mol. The van der Waals surface area contributed by atoms with Crippen LogP contribution in [0.5, 0.6) is 0 Å². The van der Waals surface area contributed by atoms with Crippen LogP contribution in [-0.4, -0.2) is 53.8 Å². The van der Waals surface area contributed by atoms with Crippen molar-refractivity contribution in [2.75, 3.05) is 30.7 Å². The van der Waals surface area contributed by atoms with Crippen LogP contribution in [0.1, 0.15) is 30.1 Å². The third-order valence-electron chi connectivity index (χ3n) is 3.51. The van der Waals surface area contributed by atoms with Crippen molar-refractivity contribution in [1.29, 1.82) is 10.8 Å². The average Bonchev–Trinajstić information content (AvgIpc) is 2.67. The Hall–Kier alpha value is -3.29. The Morgan fingerprint density at radius 2 is 1.74 bits per heavy atom. The van der Waals surface area contributed by atoms with Crippen molar-refractivity contribution in [1.82, 2.24) is 14.9 Å². The molecule has 148 valence electrons. The fourth-order valence-electron chi connectivity index (χ4n) is 2.37. The molecule has 0 radical (unpaired) electrons. The van der Waals surface area contributed by atoms with Gasteiger partial charge in [-0.2, -0.15) is 0 Å². The number of nitrogens with zero attached hydrogens (tertiary/aromatic N) is 3. The summed E-state index contributed by atoms with van der Waals surface area (Å²) < 4.78 is 0. The second-order valence-electron chi connectivity index (χ2n) is 5.37. The number of benzene rings is 1. The number of aryl methyl sites for hydroxylation is 2. The molecule has 0 bridgehead atoms. The zero-order valence-corrected chi connectivity index (χ0v) is 16.2. The van der Waals surface area contributed by atoms with Crippen LogP contribution < -0.4 is 11.1 Å². The zero-order chi connectivity index (χ0) is 20.8. The highest BCUT2D eigenvalue weighted by Gasteiger charge is 2.16. The maximum absolute atomic E-state index is 12.5. The molecule has 0 saturated carbocycles. The number of carbonyl (C=O) groups is 1. The van der Waals surface area contributed by atoms with Crippen molar-refractivity contribution in [3.05, 3.63) is 47.3 Å². The van der Waals surface area contributed by atoms with E-state index in [1.807, 2.05) is 39.0 Å². The number of aromatic nitrogens is 2.